The van der Waals surface area contributed by atoms with Gasteiger partial charge in [0.05, 0.1) is 0 Å². The van der Waals surface area contributed by atoms with Crippen LogP contribution in [0.2, 0.25) is 0 Å². The fraction of sp³-hybridized carbons (Fsp3) is 0.857. The maximum absolute atomic E-state index is 10.8. The summed E-state index contributed by atoms with van der Waals surface area (Å²) in [6, 6.07) is 0. The van der Waals surface area contributed by atoms with E-state index in [9.17, 15) is 4.79 Å². The lowest BCUT2D eigenvalue weighted by Gasteiger charge is -2.24. The summed E-state index contributed by atoms with van der Waals surface area (Å²) in [5.74, 6) is -1.16. The molecule has 0 N–H and O–H groups in total. The Bertz CT molecular complexity index is 122. The zero-order chi connectivity index (χ0) is 8.20. The van der Waals surface area contributed by atoms with Crippen molar-refractivity contribution < 1.29 is 14.3 Å². The summed E-state index contributed by atoms with van der Waals surface area (Å²) in [7, 11) is 1.46. The molecule has 0 fully saturated rings. The average Bonchev–Trinajstić information content (AvgIpc) is 1.88. The Morgan fingerprint density at radius 1 is 1.60 bits per heavy atom. The summed E-state index contributed by atoms with van der Waals surface area (Å²) >= 11 is 0. The third-order valence-corrected chi connectivity index (χ3v) is 1.45. The third-order valence-electron chi connectivity index (χ3n) is 1.45. The molecule has 0 aromatic rings. The van der Waals surface area contributed by atoms with E-state index in [0.717, 1.165) is 0 Å². The molecule has 0 aliphatic rings. The molecule has 10 heavy (non-hydrogen) atoms. The normalized spacial score (nSPS) is 16.4. The van der Waals surface area contributed by atoms with E-state index in [0.29, 0.717) is 6.61 Å². The standard InChI is InChI=1S/C7H14O3/c1-5-10-7(3,9-4)6(2)8/h5H2,1-4H3/t7-/m0/s1. The van der Waals surface area contributed by atoms with Gasteiger partial charge in [0.2, 0.25) is 5.79 Å². The summed E-state index contributed by atoms with van der Waals surface area (Å²) in [6.45, 7) is 5.35. The highest BCUT2D eigenvalue weighted by molar-refractivity contribution is 5.82. The lowest BCUT2D eigenvalue weighted by atomic mass is 10.2. The smallest absolute Gasteiger partial charge is 0.225 e. The van der Waals surface area contributed by atoms with Gasteiger partial charge in [-0.15, -0.1) is 0 Å². The molecule has 0 bridgehead atoms. The lowest BCUT2D eigenvalue weighted by Crippen LogP contribution is -2.38. The minimum absolute atomic E-state index is 0.114. The first-order valence-corrected chi connectivity index (χ1v) is 3.27. The molecule has 0 amide bonds. The van der Waals surface area contributed by atoms with Crippen LogP contribution in [-0.2, 0) is 14.3 Å². The molecular formula is C7H14O3. The number of hydrogen-bond acceptors (Lipinski definition) is 3. The predicted octanol–water partition coefficient (Wildman–Crippen LogP) is 0.974. The molecule has 3 heteroatoms. The van der Waals surface area contributed by atoms with Crippen molar-refractivity contribution in [3.63, 3.8) is 0 Å². The van der Waals surface area contributed by atoms with Crippen molar-refractivity contribution in [3.8, 4) is 0 Å². The van der Waals surface area contributed by atoms with Gasteiger partial charge in [0.1, 0.15) is 0 Å². The number of rotatable bonds is 4. The van der Waals surface area contributed by atoms with E-state index in [1.165, 1.54) is 14.0 Å². The summed E-state index contributed by atoms with van der Waals surface area (Å²) in [5, 5.41) is 0. The highest BCUT2D eigenvalue weighted by Gasteiger charge is 2.29. The average molecular weight is 146 g/mol. The van der Waals surface area contributed by atoms with Gasteiger partial charge in [0, 0.05) is 20.6 Å². The van der Waals surface area contributed by atoms with Gasteiger partial charge < -0.3 is 9.47 Å². The number of ether oxygens (including phenoxy) is 2. The number of methoxy groups -OCH3 is 1. The highest BCUT2D eigenvalue weighted by Crippen LogP contribution is 2.11. The van der Waals surface area contributed by atoms with E-state index in [-0.39, 0.29) is 5.78 Å². The molecule has 0 unspecified atom stereocenters. The zero-order valence-electron chi connectivity index (χ0n) is 6.93. The van der Waals surface area contributed by atoms with E-state index in [2.05, 4.69) is 0 Å². The van der Waals surface area contributed by atoms with Crippen LogP contribution in [0.3, 0.4) is 0 Å². The highest BCUT2D eigenvalue weighted by atomic mass is 16.7. The molecule has 3 nitrogen and oxygen atoms in total. The second-order valence-corrected chi connectivity index (χ2v) is 2.14. The number of carbonyl (C=O) groups is 1. The summed E-state index contributed by atoms with van der Waals surface area (Å²) in [4.78, 5) is 10.8. The first-order valence-electron chi connectivity index (χ1n) is 3.27. The van der Waals surface area contributed by atoms with Gasteiger partial charge in [-0.1, -0.05) is 0 Å². The Balaban J connectivity index is 4.08. The summed E-state index contributed by atoms with van der Waals surface area (Å²) in [6.07, 6.45) is 0. The quantitative estimate of drug-likeness (QED) is 0.554. The second-order valence-electron chi connectivity index (χ2n) is 2.14. The van der Waals surface area contributed by atoms with Crippen molar-refractivity contribution in [2.24, 2.45) is 0 Å². The van der Waals surface area contributed by atoms with Crippen molar-refractivity contribution in [1.29, 1.82) is 0 Å². The van der Waals surface area contributed by atoms with Crippen molar-refractivity contribution in [2.75, 3.05) is 13.7 Å². The van der Waals surface area contributed by atoms with E-state index in [1.54, 1.807) is 6.92 Å². The molecule has 0 radical (unpaired) electrons. The van der Waals surface area contributed by atoms with Gasteiger partial charge in [-0.25, -0.2) is 0 Å². The van der Waals surface area contributed by atoms with Gasteiger partial charge in [-0.3, -0.25) is 4.79 Å². The first kappa shape index (κ1) is 9.59. The van der Waals surface area contributed by atoms with Crippen LogP contribution in [0.15, 0.2) is 0 Å². The molecule has 0 saturated heterocycles. The van der Waals surface area contributed by atoms with E-state index in [1.807, 2.05) is 6.92 Å². The van der Waals surface area contributed by atoms with E-state index < -0.39 is 5.79 Å². The summed E-state index contributed by atoms with van der Waals surface area (Å²) < 4.78 is 9.94. The van der Waals surface area contributed by atoms with Gasteiger partial charge in [-0.2, -0.15) is 0 Å². The van der Waals surface area contributed by atoms with E-state index in [4.69, 9.17) is 9.47 Å². The van der Waals surface area contributed by atoms with Crippen LogP contribution in [0.1, 0.15) is 20.8 Å². The Morgan fingerprint density at radius 2 is 2.10 bits per heavy atom. The van der Waals surface area contributed by atoms with E-state index >= 15 is 0 Å². The fourth-order valence-electron chi connectivity index (χ4n) is 0.580. The number of Topliss-reactive ketones (excluding diaryl/α,β-unsaturated/α-hetero) is 1. The minimum Gasteiger partial charge on any atom is -0.347 e. The van der Waals surface area contributed by atoms with Crippen LogP contribution in [0, 0.1) is 0 Å². The number of carbonyl (C=O) groups excluding carboxylic acids is 1. The van der Waals surface area contributed by atoms with Crippen LogP contribution in [0.25, 0.3) is 0 Å². The largest absolute Gasteiger partial charge is 0.347 e. The molecule has 0 spiro atoms. The van der Waals surface area contributed by atoms with Gasteiger partial charge in [-0.05, 0) is 13.8 Å². The predicted molar refractivity (Wildman–Crippen MR) is 37.7 cm³/mol. The molecule has 1 atom stereocenters. The Labute approximate surface area is 61.3 Å². The third kappa shape index (κ3) is 2.08. The Hall–Kier alpha value is -0.410. The van der Waals surface area contributed by atoms with Crippen molar-refractivity contribution in [2.45, 2.75) is 26.6 Å². The van der Waals surface area contributed by atoms with Crippen LogP contribution in [-0.4, -0.2) is 25.3 Å². The lowest BCUT2D eigenvalue weighted by molar-refractivity contribution is -0.206. The van der Waals surface area contributed by atoms with Crippen LogP contribution >= 0.6 is 0 Å². The molecule has 0 aliphatic heterocycles. The SMILES string of the molecule is CCO[C@](C)(OC)C(C)=O. The van der Waals surface area contributed by atoms with Gasteiger partial charge >= 0.3 is 0 Å². The fourth-order valence-corrected chi connectivity index (χ4v) is 0.580. The second kappa shape index (κ2) is 3.68. The molecule has 0 heterocycles. The minimum atomic E-state index is -1.05. The topological polar surface area (TPSA) is 35.5 Å². The van der Waals surface area contributed by atoms with Crippen LogP contribution in [0.4, 0.5) is 0 Å². The molecular weight excluding hydrogens is 132 g/mol. The molecule has 0 saturated carbocycles. The Kier molecular flexibility index (Phi) is 3.53. The van der Waals surface area contributed by atoms with Crippen LogP contribution < -0.4 is 0 Å². The molecule has 0 aliphatic carbocycles. The first-order chi connectivity index (χ1) is 4.56. The molecule has 0 aromatic heterocycles. The zero-order valence-corrected chi connectivity index (χ0v) is 6.93. The summed E-state index contributed by atoms with van der Waals surface area (Å²) in [5.41, 5.74) is 0. The Morgan fingerprint density at radius 3 is 2.20 bits per heavy atom. The molecule has 0 aromatic carbocycles. The van der Waals surface area contributed by atoms with Crippen molar-refractivity contribution in [1.82, 2.24) is 0 Å². The van der Waals surface area contributed by atoms with Gasteiger partial charge in [0.25, 0.3) is 0 Å². The maximum Gasteiger partial charge on any atom is 0.225 e. The number of hydrogen-bond donors (Lipinski definition) is 0. The number of ketones is 1. The van der Waals surface area contributed by atoms with Gasteiger partial charge in [0.15, 0.2) is 5.78 Å². The molecule has 60 valence electrons. The van der Waals surface area contributed by atoms with Crippen LogP contribution in [0.5, 0.6) is 0 Å². The molecule has 0 rings (SSSR count). The van der Waals surface area contributed by atoms with Crippen molar-refractivity contribution >= 4 is 5.78 Å². The van der Waals surface area contributed by atoms with Crippen molar-refractivity contribution in [3.05, 3.63) is 0 Å². The maximum atomic E-state index is 10.8. The monoisotopic (exact) mass is 146 g/mol.